The second-order valence-corrected chi connectivity index (χ2v) is 34.5. The van der Waals surface area contributed by atoms with Crippen LogP contribution in [0.1, 0.15) is 89.3 Å². The van der Waals surface area contributed by atoms with Crippen LogP contribution in [-0.2, 0) is 68.4 Å². The molecule has 3 aromatic carbocycles. The molecule has 424 valence electrons. The third kappa shape index (κ3) is 13.6. The van der Waals surface area contributed by atoms with E-state index < -0.39 is 97.1 Å². The number of ether oxygens (including phenoxy) is 3. The Hall–Kier alpha value is -5.89. The summed E-state index contributed by atoms with van der Waals surface area (Å²) in [6.45, 7) is 22.3. The van der Waals surface area contributed by atoms with E-state index in [4.69, 9.17) is 33.0 Å². The van der Waals surface area contributed by atoms with Crippen LogP contribution in [-0.4, -0.2) is 107 Å². The first kappa shape index (κ1) is 59.8. The topological polar surface area (TPSA) is 238 Å². The second-order valence-electron chi connectivity index (χ2n) is 23.5. The van der Waals surface area contributed by atoms with Crippen molar-refractivity contribution in [1.29, 1.82) is 0 Å². The molecule has 7 rings (SSSR count). The van der Waals surface area contributed by atoms with Crippen molar-refractivity contribution in [3.05, 3.63) is 145 Å². The predicted molar refractivity (Wildman–Crippen MR) is 301 cm³/mol. The third-order valence-electron chi connectivity index (χ3n) is 15.8. The van der Waals surface area contributed by atoms with Crippen molar-refractivity contribution in [2.75, 3.05) is 19.7 Å². The van der Waals surface area contributed by atoms with E-state index in [2.05, 4.69) is 31.4 Å². The lowest BCUT2D eigenvalue weighted by atomic mass is 9.89. The number of nitrogens with zero attached hydrogens (tertiary/aromatic N) is 3. The van der Waals surface area contributed by atoms with Crippen molar-refractivity contribution in [1.82, 2.24) is 24.7 Å². The number of hydrogen-bond acceptors (Lipinski definition) is 14. The number of hydrogen-bond donors (Lipinski definition) is 3. The van der Waals surface area contributed by atoms with Gasteiger partial charge >= 0.3 is 11.8 Å². The number of carbonyl (C=O) groups excluding carboxylic acids is 3. The van der Waals surface area contributed by atoms with Gasteiger partial charge in [-0.3, -0.25) is 23.5 Å². The van der Waals surface area contributed by atoms with Crippen molar-refractivity contribution in [2.24, 2.45) is 5.73 Å². The normalized spacial score (nSPS) is 21.8. The number of nitrogens with one attached hydrogen (secondary N) is 2. The average molecular weight is 1130 g/mol. The van der Waals surface area contributed by atoms with Crippen LogP contribution in [0.25, 0.3) is 0 Å². The minimum absolute atomic E-state index is 0.0128. The molecule has 2 saturated heterocycles. The lowest BCUT2D eigenvalue weighted by Crippen LogP contribution is -2.59. The molecule has 0 bridgehead atoms. The number of aromatic nitrogens is 2. The smallest absolute Gasteiger partial charge is 0.408 e. The van der Waals surface area contributed by atoms with Gasteiger partial charge in [0.05, 0.1) is 17.7 Å². The predicted octanol–water partition coefficient (Wildman–Crippen LogP) is 7.14. The molecular weight excluding hydrogens is 1050 g/mol. The molecule has 0 unspecified atom stereocenters. The Kier molecular flexibility index (Phi) is 18.3. The molecule has 0 saturated carbocycles. The number of amides is 3. The van der Waals surface area contributed by atoms with Gasteiger partial charge in [-0.15, -0.1) is 0 Å². The molecule has 22 heteroatoms. The summed E-state index contributed by atoms with van der Waals surface area (Å²) in [5.41, 5.74) is 5.97. The average Bonchev–Trinajstić information content (AvgIpc) is 4.09. The highest BCUT2D eigenvalue weighted by Crippen LogP contribution is 2.52. The summed E-state index contributed by atoms with van der Waals surface area (Å²) in [4.78, 5) is 71.8. The Labute approximate surface area is 460 Å². The number of aryl methyl sites for hydroxylation is 1. The Morgan fingerprint density at radius 2 is 1.47 bits per heavy atom. The van der Waals surface area contributed by atoms with Crippen LogP contribution < -0.4 is 32.4 Å². The minimum atomic E-state index is -4.35. The zero-order valence-corrected chi connectivity index (χ0v) is 49.6. The Morgan fingerprint density at radius 3 is 2.06 bits per heavy atom. The zero-order chi connectivity index (χ0) is 57.0. The number of nitrogens with two attached hydrogens (primary N) is 1. The van der Waals surface area contributed by atoms with E-state index in [1.807, 2.05) is 120 Å². The molecule has 4 heterocycles. The minimum Gasteiger partial charge on any atom is -0.489 e. The third-order valence-corrected chi connectivity index (χ3v) is 25.8. The van der Waals surface area contributed by atoms with Gasteiger partial charge < -0.3 is 44.3 Å². The van der Waals surface area contributed by atoms with Gasteiger partial charge in [-0.05, 0) is 91.3 Å². The second kappa shape index (κ2) is 23.8. The van der Waals surface area contributed by atoms with E-state index in [1.54, 1.807) is 19.1 Å². The van der Waals surface area contributed by atoms with Crippen LogP contribution in [0, 0.1) is 6.92 Å². The lowest BCUT2D eigenvalue weighted by molar-refractivity contribution is -0.139. The van der Waals surface area contributed by atoms with E-state index in [1.165, 1.54) is 15.7 Å². The number of rotatable bonds is 20. The molecule has 4 N–H and O–H groups in total. The van der Waals surface area contributed by atoms with Crippen molar-refractivity contribution in [2.45, 2.75) is 166 Å². The maximum Gasteiger partial charge on any atom is 0.408 e. The fraction of sp³-hybridized carbons (Fsp3) is 0.518. The van der Waals surface area contributed by atoms with Gasteiger partial charge in [-0.1, -0.05) is 114 Å². The SMILES string of the molecule is Cc1cn([C@@H]2O[C@H](CO[Si](C)(C)C(C)(C)C)[C@@]3(OS(=O)(=O)C=C3N)[C@H]2O[Si](C)(C)C(C)(C)C)c(=O)n(CCCNC(=O)[C@@H]2CCCN2C(=O)[C@H](Cc2ccc(OCc3ccccc3)cc2)NC(=O)OCc2ccccc2)c1=O. The summed E-state index contributed by atoms with van der Waals surface area (Å²) in [7, 11) is -9.70. The number of alkyl carbamates (subject to hydrolysis) is 1. The lowest BCUT2D eigenvalue weighted by Gasteiger charge is -2.43. The molecule has 3 amide bonds. The molecule has 3 aliphatic heterocycles. The molecule has 6 atom stereocenters. The summed E-state index contributed by atoms with van der Waals surface area (Å²) >= 11 is 0. The van der Waals surface area contributed by atoms with E-state index in [9.17, 15) is 32.4 Å². The molecule has 2 fully saturated rings. The molecule has 0 aliphatic carbocycles. The molecule has 78 heavy (non-hydrogen) atoms. The van der Waals surface area contributed by atoms with E-state index in [0.29, 0.717) is 25.2 Å². The fourth-order valence-electron chi connectivity index (χ4n) is 9.23. The van der Waals surface area contributed by atoms with Gasteiger partial charge in [-0.25, -0.2) is 13.8 Å². The molecule has 0 radical (unpaired) electrons. The number of likely N-dealkylation sites (tertiary alicyclic amines) is 1. The molecular formula is C56H78N6O13SSi2. The van der Waals surface area contributed by atoms with Gasteiger partial charge in [0.1, 0.15) is 43.3 Å². The van der Waals surface area contributed by atoms with Crippen molar-refractivity contribution >= 4 is 44.7 Å². The zero-order valence-electron chi connectivity index (χ0n) is 46.8. The molecule has 3 aliphatic rings. The highest BCUT2D eigenvalue weighted by atomic mass is 32.2. The maximum absolute atomic E-state index is 14.7. The van der Waals surface area contributed by atoms with Crippen molar-refractivity contribution < 1.29 is 50.0 Å². The summed E-state index contributed by atoms with van der Waals surface area (Å²) in [6.07, 6.45) is -2.08. The first-order valence-electron chi connectivity index (χ1n) is 26.6. The maximum atomic E-state index is 14.7. The summed E-state index contributed by atoms with van der Waals surface area (Å²) < 4.78 is 66.9. The first-order chi connectivity index (χ1) is 36.5. The van der Waals surface area contributed by atoms with Crippen LogP contribution in [0.3, 0.4) is 0 Å². The standard InChI is InChI=1S/C56H78N6O13SSi2/c1-38-33-62(51-47(74-78(10,11)55(5,6)7)56(45(57)37-76(68,69)75-56)46(73-51)36-72-77(8,9)54(2,3)4)53(67)61(49(38)64)31-19-29-58-48(63)44-24-18-30-60(44)50(65)43(59-52(66)71-35-41-22-16-13-17-23-41)32-39-25-27-42(28-26-39)70-34-40-20-14-12-15-21-40/h12-17,20-23,25-28,33,37,43-44,46-47,51H,18-19,24,29-32,34-36,57H2,1-11H3,(H,58,63)(H,59,66)/t43-,44-,46+,47-,51+,56+/m0/s1. The van der Waals surface area contributed by atoms with Gasteiger partial charge in [0.15, 0.2) is 28.5 Å². The van der Waals surface area contributed by atoms with Crippen LogP contribution in [0.5, 0.6) is 5.75 Å². The van der Waals surface area contributed by atoms with Gasteiger partial charge in [0.2, 0.25) is 11.8 Å². The monoisotopic (exact) mass is 1130 g/mol. The van der Waals surface area contributed by atoms with Gasteiger partial charge in [-0.2, -0.15) is 8.42 Å². The van der Waals surface area contributed by atoms with E-state index in [-0.39, 0.29) is 62.0 Å². The van der Waals surface area contributed by atoms with Crippen LogP contribution >= 0.6 is 0 Å². The van der Waals surface area contributed by atoms with Gasteiger partial charge in [0.25, 0.3) is 15.7 Å². The highest BCUT2D eigenvalue weighted by Gasteiger charge is 2.67. The van der Waals surface area contributed by atoms with Crippen molar-refractivity contribution in [3.8, 4) is 5.75 Å². The largest absolute Gasteiger partial charge is 0.489 e. The highest BCUT2D eigenvalue weighted by molar-refractivity contribution is 7.90. The van der Waals surface area contributed by atoms with Crippen LogP contribution in [0.2, 0.25) is 36.3 Å². The summed E-state index contributed by atoms with van der Waals surface area (Å²) in [5.74, 6) is -0.262. The molecule has 19 nitrogen and oxygen atoms in total. The molecule has 4 aromatic rings. The molecule has 1 aromatic heterocycles. The van der Waals surface area contributed by atoms with Crippen LogP contribution in [0.4, 0.5) is 4.79 Å². The Balaban J connectivity index is 1.07. The first-order valence-corrected chi connectivity index (χ1v) is 33.9. The van der Waals surface area contributed by atoms with Gasteiger partial charge in [0, 0.05) is 37.8 Å². The number of benzene rings is 3. The quantitative estimate of drug-likeness (QED) is 0.0453. The van der Waals surface area contributed by atoms with E-state index >= 15 is 0 Å². The Morgan fingerprint density at radius 1 is 0.859 bits per heavy atom. The fourth-order valence-corrected chi connectivity index (χ4v) is 12.7. The number of carbonyl (C=O) groups is 3. The summed E-state index contributed by atoms with van der Waals surface area (Å²) in [5, 5.41) is 5.89. The van der Waals surface area contributed by atoms with E-state index in [0.717, 1.165) is 26.7 Å². The Bertz CT molecular complexity index is 3050. The van der Waals surface area contributed by atoms with Crippen LogP contribution in [0.15, 0.2) is 112 Å². The van der Waals surface area contributed by atoms with Crippen molar-refractivity contribution in [3.63, 3.8) is 0 Å². The summed E-state index contributed by atoms with van der Waals surface area (Å²) in [6, 6.07) is 24.2. The molecule has 1 spiro atoms.